The molecule has 3 N–H and O–H groups in total. The second-order valence-corrected chi connectivity index (χ2v) is 3.75. The van der Waals surface area contributed by atoms with Crippen LogP contribution in [0.15, 0.2) is 35.3 Å². The third-order valence-electron chi connectivity index (χ3n) is 2.62. The molecule has 0 unspecified atom stereocenters. The van der Waals surface area contributed by atoms with Crippen molar-refractivity contribution in [2.75, 3.05) is 20.0 Å². The van der Waals surface area contributed by atoms with Crippen molar-refractivity contribution in [2.24, 2.45) is 0 Å². The fraction of sp³-hybridized carbons (Fsp3) is 0.154. The first-order valence-electron chi connectivity index (χ1n) is 5.36. The van der Waals surface area contributed by atoms with Gasteiger partial charge in [0.2, 0.25) is 0 Å². The second kappa shape index (κ2) is 4.83. The summed E-state index contributed by atoms with van der Waals surface area (Å²) in [6.45, 7) is 0. The molecule has 1 aromatic heterocycles. The van der Waals surface area contributed by atoms with E-state index >= 15 is 0 Å². The molecule has 2 rings (SSSR count). The Bertz CT molecular complexity index is 620. The van der Waals surface area contributed by atoms with Gasteiger partial charge in [-0.1, -0.05) is 6.07 Å². The van der Waals surface area contributed by atoms with Crippen LogP contribution in [0.4, 0.5) is 5.69 Å². The van der Waals surface area contributed by atoms with Crippen LogP contribution in [0.2, 0.25) is 0 Å². The van der Waals surface area contributed by atoms with Crippen molar-refractivity contribution < 1.29 is 9.47 Å². The van der Waals surface area contributed by atoms with E-state index in [0.29, 0.717) is 22.7 Å². The summed E-state index contributed by atoms with van der Waals surface area (Å²) < 4.78 is 10.3. The maximum absolute atomic E-state index is 11.7. The van der Waals surface area contributed by atoms with Crippen LogP contribution in [0.3, 0.4) is 0 Å². The van der Waals surface area contributed by atoms with Crippen LogP contribution in [0.5, 0.6) is 11.5 Å². The molecular weight excluding hydrogens is 232 g/mol. The number of hydrogen-bond acceptors (Lipinski definition) is 4. The molecule has 2 aromatic rings. The molecule has 0 aliphatic rings. The van der Waals surface area contributed by atoms with Gasteiger partial charge in [-0.25, -0.2) is 0 Å². The molecule has 0 saturated heterocycles. The normalized spacial score (nSPS) is 10.1. The number of aromatic amines is 1. The van der Waals surface area contributed by atoms with Crippen LogP contribution in [0.25, 0.3) is 11.1 Å². The third-order valence-corrected chi connectivity index (χ3v) is 2.62. The predicted molar refractivity (Wildman–Crippen MR) is 70.0 cm³/mol. The molecular formula is C13H14N2O3. The van der Waals surface area contributed by atoms with Gasteiger partial charge in [-0.2, -0.15) is 0 Å². The number of pyridine rings is 1. The molecule has 18 heavy (non-hydrogen) atoms. The Morgan fingerprint density at radius 1 is 1.11 bits per heavy atom. The lowest BCUT2D eigenvalue weighted by Crippen LogP contribution is -2.09. The van der Waals surface area contributed by atoms with Crippen LogP contribution in [-0.4, -0.2) is 19.2 Å². The molecule has 0 aliphatic heterocycles. The Labute approximate surface area is 104 Å². The zero-order chi connectivity index (χ0) is 13.1. The smallest absolute Gasteiger partial charge is 0.255 e. The molecule has 0 fully saturated rings. The van der Waals surface area contributed by atoms with Crippen molar-refractivity contribution in [3.8, 4) is 22.6 Å². The van der Waals surface area contributed by atoms with Crippen molar-refractivity contribution in [1.82, 2.24) is 4.98 Å². The van der Waals surface area contributed by atoms with E-state index in [9.17, 15) is 4.79 Å². The highest BCUT2D eigenvalue weighted by Gasteiger charge is 2.09. The lowest BCUT2D eigenvalue weighted by Gasteiger charge is -2.09. The topological polar surface area (TPSA) is 77.3 Å². The van der Waals surface area contributed by atoms with Gasteiger partial charge in [0.15, 0.2) is 11.5 Å². The molecule has 94 valence electrons. The standard InChI is InChI=1S/C13H14N2O3/c1-17-11-4-3-8(5-12(11)18-2)10-6-9(14)7-15-13(10)16/h3-7H,14H2,1-2H3,(H,15,16). The second-order valence-electron chi connectivity index (χ2n) is 3.75. The first-order chi connectivity index (χ1) is 8.65. The number of methoxy groups -OCH3 is 2. The minimum atomic E-state index is -0.198. The molecule has 0 radical (unpaired) electrons. The summed E-state index contributed by atoms with van der Waals surface area (Å²) in [6.07, 6.45) is 1.46. The highest BCUT2D eigenvalue weighted by molar-refractivity contribution is 5.68. The van der Waals surface area contributed by atoms with Crippen LogP contribution in [0.1, 0.15) is 0 Å². The summed E-state index contributed by atoms with van der Waals surface area (Å²) >= 11 is 0. The summed E-state index contributed by atoms with van der Waals surface area (Å²) in [5.74, 6) is 1.18. The molecule has 0 saturated carbocycles. The number of aromatic nitrogens is 1. The number of anilines is 1. The summed E-state index contributed by atoms with van der Waals surface area (Å²) in [7, 11) is 3.11. The summed E-state index contributed by atoms with van der Waals surface area (Å²) in [5.41, 5.74) is 7.19. The number of ether oxygens (including phenoxy) is 2. The van der Waals surface area contributed by atoms with Gasteiger partial charge in [0, 0.05) is 17.4 Å². The number of rotatable bonds is 3. The zero-order valence-corrected chi connectivity index (χ0v) is 10.2. The molecule has 1 aromatic carbocycles. The Hall–Kier alpha value is -2.43. The van der Waals surface area contributed by atoms with E-state index in [0.717, 1.165) is 5.56 Å². The minimum Gasteiger partial charge on any atom is -0.493 e. The zero-order valence-electron chi connectivity index (χ0n) is 10.2. The third kappa shape index (κ3) is 2.15. The highest BCUT2D eigenvalue weighted by Crippen LogP contribution is 2.31. The molecule has 0 atom stereocenters. The summed E-state index contributed by atoms with van der Waals surface area (Å²) in [5, 5.41) is 0. The van der Waals surface area contributed by atoms with E-state index in [1.807, 2.05) is 0 Å². The molecule has 0 amide bonds. The van der Waals surface area contributed by atoms with Crippen molar-refractivity contribution >= 4 is 5.69 Å². The molecule has 0 aliphatic carbocycles. The van der Waals surface area contributed by atoms with E-state index in [4.69, 9.17) is 15.2 Å². The predicted octanol–water partition coefficient (Wildman–Crippen LogP) is 1.64. The van der Waals surface area contributed by atoms with Gasteiger partial charge in [-0.3, -0.25) is 4.79 Å². The van der Waals surface area contributed by atoms with Gasteiger partial charge in [0.05, 0.1) is 14.2 Å². The van der Waals surface area contributed by atoms with Gasteiger partial charge in [-0.05, 0) is 23.8 Å². The number of benzene rings is 1. The average Bonchev–Trinajstić information content (AvgIpc) is 2.40. The first kappa shape index (κ1) is 12.0. The van der Waals surface area contributed by atoms with Crippen molar-refractivity contribution in [2.45, 2.75) is 0 Å². The van der Waals surface area contributed by atoms with E-state index in [2.05, 4.69) is 4.98 Å². The van der Waals surface area contributed by atoms with E-state index in [1.54, 1.807) is 38.5 Å². The van der Waals surface area contributed by atoms with Crippen molar-refractivity contribution in [3.05, 3.63) is 40.8 Å². The number of hydrogen-bond donors (Lipinski definition) is 2. The van der Waals surface area contributed by atoms with Gasteiger partial charge >= 0.3 is 0 Å². The van der Waals surface area contributed by atoms with Gasteiger partial charge in [0.25, 0.3) is 5.56 Å². The van der Waals surface area contributed by atoms with Gasteiger partial charge in [-0.15, -0.1) is 0 Å². The van der Waals surface area contributed by atoms with E-state index in [-0.39, 0.29) is 5.56 Å². The van der Waals surface area contributed by atoms with E-state index < -0.39 is 0 Å². The summed E-state index contributed by atoms with van der Waals surface area (Å²) in [6, 6.07) is 6.89. The largest absolute Gasteiger partial charge is 0.493 e. The Kier molecular flexibility index (Phi) is 3.23. The maximum Gasteiger partial charge on any atom is 0.255 e. The molecule has 0 spiro atoms. The lowest BCUT2D eigenvalue weighted by molar-refractivity contribution is 0.355. The molecule has 1 heterocycles. The van der Waals surface area contributed by atoms with Crippen LogP contribution in [-0.2, 0) is 0 Å². The van der Waals surface area contributed by atoms with Gasteiger partial charge in [0.1, 0.15) is 0 Å². The number of nitrogens with one attached hydrogen (secondary N) is 1. The fourth-order valence-corrected chi connectivity index (χ4v) is 1.72. The lowest BCUT2D eigenvalue weighted by atomic mass is 10.1. The summed E-state index contributed by atoms with van der Waals surface area (Å²) in [4.78, 5) is 14.3. The highest BCUT2D eigenvalue weighted by atomic mass is 16.5. The molecule has 0 bridgehead atoms. The Morgan fingerprint density at radius 3 is 2.50 bits per heavy atom. The number of H-pyrrole nitrogens is 1. The average molecular weight is 246 g/mol. The van der Waals surface area contributed by atoms with Gasteiger partial charge < -0.3 is 20.2 Å². The van der Waals surface area contributed by atoms with E-state index in [1.165, 1.54) is 6.20 Å². The number of nitrogen functional groups attached to an aromatic ring is 1. The van der Waals surface area contributed by atoms with Crippen molar-refractivity contribution in [1.29, 1.82) is 0 Å². The van der Waals surface area contributed by atoms with Crippen LogP contribution < -0.4 is 20.8 Å². The Balaban J connectivity index is 2.57. The minimum absolute atomic E-state index is 0.198. The molecule has 5 nitrogen and oxygen atoms in total. The SMILES string of the molecule is COc1ccc(-c2cc(N)c[nH]c2=O)cc1OC. The quantitative estimate of drug-likeness (QED) is 0.863. The fourth-order valence-electron chi connectivity index (χ4n) is 1.72. The monoisotopic (exact) mass is 246 g/mol. The maximum atomic E-state index is 11.7. The van der Waals surface area contributed by atoms with Crippen LogP contribution >= 0.6 is 0 Å². The van der Waals surface area contributed by atoms with Crippen molar-refractivity contribution in [3.63, 3.8) is 0 Å². The Morgan fingerprint density at radius 2 is 1.83 bits per heavy atom. The molecule has 5 heteroatoms. The first-order valence-corrected chi connectivity index (χ1v) is 5.36. The number of nitrogens with two attached hydrogens (primary N) is 1. The van der Waals surface area contributed by atoms with Crippen LogP contribution in [0, 0.1) is 0 Å².